The maximum absolute atomic E-state index is 10.4. The molecule has 8 heteroatoms. The van der Waals surface area contributed by atoms with Crippen molar-refractivity contribution in [3.8, 4) is 0 Å². The van der Waals surface area contributed by atoms with Gasteiger partial charge in [0, 0.05) is 34.9 Å². The van der Waals surface area contributed by atoms with Gasteiger partial charge < -0.3 is 18.9 Å². The van der Waals surface area contributed by atoms with Crippen molar-refractivity contribution in [3.63, 3.8) is 0 Å². The van der Waals surface area contributed by atoms with Gasteiger partial charge in [-0.3, -0.25) is 0 Å². The molecule has 0 spiro atoms. The van der Waals surface area contributed by atoms with E-state index in [-0.39, 0.29) is 6.42 Å². The first-order valence-corrected chi connectivity index (χ1v) is 4.96. The predicted octanol–water partition coefficient (Wildman–Crippen LogP) is -0.0178. The third kappa shape index (κ3) is 4.12. The Balaban J connectivity index is 5.26. The summed E-state index contributed by atoms with van der Waals surface area (Å²) < 4.78 is 19.9. The Kier molecular flexibility index (Phi) is 7.98. The third-order valence-corrected chi connectivity index (χ3v) is 2.36. The van der Waals surface area contributed by atoms with Crippen LogP contribution in [0.25, 0.3) is 0 Å². The van der Waals surface area contributed by atoms with E-state index in [1.807, 2.05) is 0 Å². The second kappa shape index (κ2) is 8.66. The molecule has 0 aliphatic rings. The van der Waals surface area contributed by atoms with E-state index < -0.39 is 18.2 Å². The van der Waals surface area contributed by atoms with Gasteiger partial charge in [0.25, 0.3) is 0 Å². The molecule has 0 amide bonds. The Labute approximate surface area is 105 Å². The number of carbonyl (C=O) groups excluding carboxylic acids is 2. The van der Waals surface area contributed by atoms with Crippen LogP contribution in [0.4, 0.5) is 0 Å². The van der Waals surface area contributed by atoms with Crippen LogP contribution in [-0.4, -0.2) is 58.8 Å². The van der Waals surface area contributed by atoms with Crippen molar-refractivity contribution < 1.29 is 28.5 Å². The fraction of sp³-hybridized carbons (Fsp3) is 0.800. The highest BCUT2D eigenvalue weighted by Crippen LogP contribution is 2.25. The molecule has 0 aromatic carbocycles. The molecule has 0 aliphatic heterocycles. The van der Waals surface area contributed by atoms with E-state index in [1.54, 1.807) is 0 Å². The Morgan fingerprint density at radius 2 is 1.61 bits per heavy atom. The van der Waals surface area contributed by atoms with Crippen LogP contribution in [-0.2, 0) is 28.5 Å². The van der Waals surface area contributed by atoms with Gasteiger partial charge in [-0.05, 0) is 0 Å². The van der Waals surface area contributed by atoms with Crippen molar-refractivity contribution >= 4 is 12.2 Å². The van der Waals surface area contributed by atoms with Crippen LogP contribution in [0.5, 0.6) is 0 Å². The monoisotopic (exact) mass is 260 g/mol. The molecule has 0 radical (unpaired) electrons. The summed E-state index contributed by atoms with van der Waals surface area (Å²) in [6.07, 6.45) is 2.09. The van der Waals surface area contributed by atoms with E-state index in [4.69, 9.17) is 18.9 Å². The lowest BCUT2D eigenvalue weighted by molar-refractivity contribution is -0.225. The fourth-order valence-electron chi connectivity index (χ4n) is 1.40. The number of ether oxygens (including phenoxy) is 4. The summed E-state index contributed by atoms with van der Waals surface area (Å²) in [6, 6.07) is -0.962. The molecule has 0 fully saturated rings. The summed E-state index contributed by atoms with van der Waals surface area (Å²) >= 11 is 0. The molecule has 1 unspecified atom stereocenters. The van der Waals surface area contributed by atoms with Gasteiger partial charge in [0.15, 0.2) is 6.29 Å². The minimum atomic E-state index is -1.76. The molecule has 0 aromatic rings. The van der Waals surface area contributed by atoms with E-state index in [0.29, 0.717) is 0 Å². The number of nitrogens with zero attached hydrogens (tertiary/aromatic N) is 2. The lowest BCUT2D eigenvalue weighted by Crippen LogP contribution is -2.45. The third-order valence-electron chi connectivity index (χ3n) is 2.36. The first kappa shape index (κ1) is 16.6. The summed E-state index contributed by atoms with van der Waals surface area (Å²) in [4.78, 5) is 27.8. The molecule has 8 nitrogen and oxygen atoms in total. The Morgan fingerprint density at radius 1 is 1.06 bits per heavy atom. The highest BCUT2D eigenvalue weighted by atomic mass is 16.7. The first-order chi connectivity index (χ1) is 8.63. The molecule has 0 aliphatic carbocycles. The minimum Gasteiger partial charge on any atom is -0.356 e. The zero-order valence-electron chi connectivity index (χ0n) is 10.7. The molecule has 18 heavy (non-hydrogen) atoms. The van der Waals surface area contributed by atoms with Crippen LogP contribution < -0.4 is 0 Å². The number of isocyanates is 2. The summed E-state index contributed by atoms with van der Waals surface area (Å²) in [5.41, 5.74) is 0. The molecular weight excluding hydrogens is 244 g/mol. The standard InChI is InChI=1S/C10H16N2O6/c1-15-9(16-2)5-8(11-6-13)10(17-3,18-4)12-7-14/h8-9H,5H2,1-4H3. The summed E-state index contributed by atoms with van der Waals surface area (Å²) in [7, 11) is 5.35. The van der Waals surface area contributed by atoms with Gasteiger partial charge in [-0.1, -0.05) is 0 Å². The van der Waals surface area contributed by atoms with Crippen LogP contribution in [0.15, 0.2) is 9.98 Å². The largest absolute Gasteiger partial charge is 0.356 e. The predicted molar refractivity (Wildman–Crippen MR) is 59.2 cm³/mol. The molecule has 0 saturated carbocycles. The second-order valence-electron chi connectivity index (χ2n) is 3.11. The molecule has 0 aromatic heterocycles. The van der Waals surface area contributed by atoms with Crippen LogP contribution in [0.1, 0.15) is 6.42 Å². The van der Waals surface area contributed by atoms with Crippen LogP contribution in [0, 0.1) is 0 Å². The quantitative estimate of drug-likeness (QED) is 0.328. The number of hydrogen-bond donors (Lipinski definition) is 0. The lowest BCUT2D eigenvalue weighted by Gasteiger charge is -2.31. The molecule has 0 heterocycles. The van der Waals surface area contributed by atoms with Crippen molar-refractivity contribution in [3.05, 3.63) is 0 Å². The van der Waals surface area contributed by atoms with Crippen LogP contribution >= 0.6 is 0 Å². The van der Waals surface area contributed by atoms with Crippen molar-refractivity contribution in [2.45, 2.75) is 24.7 Å². The van der Waals surface area contributed by atoms with Crippen LogP contribution in [0.2, 0.25) is 0 Å². The van der Waals surface area contributed by atoms with Gasteiger partial charge in [0.1, 0.15) is 6.04 Å². The van der Waals surface area contributed by atoms with Gasteiger partial charge >= 0.3 is 5.91 Å². The van der Waals surface area contributed by atoms with E-state index in [0.717, 1.165) is 0 Å². The molecule has 102 valence electrons. The maximum Gasteiger partial charge on any atom is 0.304 e. The molecule has 0 saturated heterocycles. The normalized spacial score (nSPS) is 12.7. The van der Waals surface area contributed by atoms with E-state index >= 15 is 0 Å². The second-order valence-corrected chi connectivity index (χ2v) is 3.11. The SMILES string of the molecule is COC(CC(N=C=O)C(N=C=O)(OC)OC)OC. The van der Waals surface area contributed by atoms with E-state index in [2.05, 4.69) is 9.98 Å². The van der Waals surface area contributed by atoms with Gasteiger partial charge in [-0.25, -0.2) is 9.59 Å². The summed E-state index contributed by atoms with van der Waals surface area (Å²) in [5.74, 6) is -1.76. The van der Waals surface area contributed by atoms with E-state index in [9.17, 15) is 9.59 Å². The first-order valence-electron chi connectivity index (χ1n) is 4.96. The topological polar surface area (TPSA) is 95.8 Å². The summed E-state index contributed by atoms with van der Waals surface area (Å²) in [5, 5.41) is 0. The van der Waals surface area contributed by atoms with Gasteiger partial charge in [0.2, 0.25) is 12.2 Å². The van der Waals surface area contributed by atoms with Gasteiger partial charge in [-0.15, -0.1) is 4.99 Å². The number of aliphatic imine (C=N–C) groups is 2. The number of rotatable bonds is 9. The Bertz CT molecular complexity index is 327. The molecule has 1 atom stereocenters. The van der Waals surface area contributed by atoms with Crippen LogP contribution in [0.3, 0.4) is 0 Å². The highest BCUT2D eigenvalue weighted by Gasteiger charge is 2.42. The molecule has 0 bridgehead atoms. The van der Waals surface area contributed by atoms with Gasteiger partial charge in [0.05, 0.1) is 0 Å². The number of hydrogen-bond acceptors (Lipinski definition) is 8. The molecule has 0 rings (SSSR count). The maximum atomic E-state index is 10.4. The fourth-order valence-corrected chi connectivity index (χ4v) is 1.40. The zero-order valence-corrected chi connectivity index (χ0v) is 10.7. The average molecular weight is 260 g/mol. The highest BCUT2D eigenvalue weighted by molar-refractivity contribution is 5.36. The van der Waals surface area contributed by atoms with Crippen molar-refractivity contribution in [2.24, 2.45) is 9.98 Å². The Morgan fingerprint density at radius 3 is 1.94 bits per heavy atom. The average Bonchev–Trinajstić information content (AvgIpc) is 2.41. The van der Waals surface area contributed by atoms with Crippen molar-refractivity contribution in [1.29, 1.82) is 0 Å². The molecular formula is C10H16N2O6. The van der Waals surface area contributed by atoms with Crippen molar-refractivity contribution in [2.75, 3.05) is 28.4 Å². The number of methoxy groups -OCH3 is 4. The lowest BCUT2D eigenvalue weighted by atomic mass is 10.1. The van der Waals surface area contributed by atoms with Gasteiger partial charge in [-0.2, -0.15) is 4.99 Å². The zero-order chi connectivity index (χ0) is 14.0. The van der Waals surface area contributed by atoms with E-state index in [1.165, 1.54) is 40.6 Å². The molecule has 0 N–H and O–H groups in total. The smallest absolute Gasteiger partial charge is 0.304 e. The Hall–Kier alpha value is -1.40. The van der Waals surface area contributed by atoms with Crippen molar-refractivity contribution in [1.82, 2.24) is 0 Å². The minimum absolute atomic E-state index is 0.0785. The summed E-state index contributed by atoms with van der Waals surface area (Å²) in [6.45, 7) is 0.